The molecule has 0 saturated heterocycles. The maximum atomic E-state index is 13.8. The molecule has 0 radical (unpaired) electrons. The number of hydrogen-bond donors (Lipinski definition) is 2. The van der Waals surface area contributed by atoms with Gasteiger partial charge in [-0.2, -0.15) is 0 Å². The van der Waals surface area contributed by atoms with E-state index in [9.17, 15) is 24.5 Å². The number of unbranched alkanes of at least 4 members (excludes halogenated alkanes) is 1. The van der Waals surface area contributed by atoms with Crippen molar-refractivity contribution in [2.24, 2.45) is 11.7 Å². The number of nitrogens with zero attached hydrogens (tertiary/aromatic N) is 2. The summed E-state index contributed by atoms with van der Waals surface area (Å²) in [4.78, 5) is 50.6. The minimum absolute atomic E-state index is 0.124. The van der Waals surface area contributed by atoms with Gasteiger partial charge in [0.1, 0.15) is 6.04 Å². The molecule has 9 nitrogen and oxygen atoms in total. The fraction of sp³-hybridized carbons (Fsp3) is 0.444. The molecule has 0 spiro atoms. The first kappa shape index (κ1) is 28.6. The summed E-state index contributed by atoms with van der Waals surface area (Å²) in [5.41, 5.74) is 7.64. The van der Waals surface area contributed by atoms with Crippen molar-refractivity contribution in [2.75, 3.05) is 11.4 Å². The zero-order valence-electron chi connectivity index (χ0n) is 21.2. The lowest BCUT2D eigenvalue weighted by Crippen LogP contribution is -2.53. The summed E-state index contributed by atoms with van der Waals surface area (Å²) in [5.74, 6) is -1.22. The van der Waals surface area contributed by atoms with E-state index in [1.807, 2.05) is 38.1 Å². The average Bonchev–Trinajstić information content (AvgIpc) is 2.88. The van der Waals surface area contributed by atoms with Crippen LogP contribution >= 0.6 is 0 Å². The van der Waals surface area contributed by atoms with Gasteiger partial charge in [0.05, 0.1) is 0 Å². The van der Waals surface area contributed by atoms with E-state index in [0.717, 1.165) is 5.56 Å². The Morgan fingerprint density at radius 3 is 2.36 bits per heavy atom. The third kappa shape index (κ3) is 7.71. The summed E-state index contributed by atoms with van der Waals surface area (Å²) in [6.45, 7) is 5.69. The monoisotopic (exact) mass is 496 g/mol. The van der Waals surface area contributed by atoms with Crippen molar-refractivity contribution in [3.63, 3.8) is 0 Å². The van der Waals surface area contributed by atoms with E-state index in [-0.39, 0.29) is 30.7 Å². The zero-order chi connectivity index (χ0) is 26.7. The molecule has 2 aromatic carbocycles. The Labute approximate surface area is 212 Å². The smallest absolute Gasteiger partial charge is 0.269 e. The number of carbonyl (C=O) groups is 3. The molecule has 3 atom stereocenters. The SMILES string of the molecule is CCC(C)[C@@H](C(=O)NCCCCC(C(C)=O)[N+](=O)[O-])N(C(=O)c1cccc(CN)c1)c1ccccc1. The van der Waals surface area contributed by atoms with Gasteiger partial charge in [-0.25, -0.2) is 0 Å². The molecule has 0 aliphatic carbocycles. The predicted molar refractivity (Wildman–Crippen MR) is 139 cm³/mol. The minimum Gasteiger partial charge on any atom is -0.354 e. The molecule has 0 aliphatic rings. The molecule has 194 valence electrons. The lowest BCUT2D eigenvalue weighted by atomic mass is 9.94. The van der Waals surface area contributed by atoms with Crippen LogP contribution in [0.4, 0.5) is 5.69 Å². The van der Waals surface area contributed by atoms with Gasteiger partial charge in [0.15, 0.2) is 0 Å². The van der Waals surface area contributed by atoms with Crippen LogP contribution in [0.3, 0.4) is 0 Å². The van der Waals surface area contributed by atoms with E-state index in [1.165, 1.54) is 11.8 Å². The van der Waals surface area contributed by atoms with Gasteiger partial charge in [0.2, 0.25) is 11.7 Å². The number of nitrogens with two attached hydrogens (primary N) is 1. The van der Waals surface area contributed by atoms with Gasteiger partial charge in [-0.3, -0.25) is 29.4 Å². The molecule has 2 unspecified atom stereocenters. The number of hydrogen-bond acceptors (Lipinski definition) is 6. The van der Waals surface area contributed by atoms with Gasteiger partial charge in [-0.1, -0.05) is 50.6 Å². The number of Topliss-reactive ketones (excluding diaryl/α,β-unsaturated/α-hetero) is 1. The number of amides is 2. The van der Waals surface area contributed by atoms with Gasteiger partial charge in [0.25, 0.3) is 11.9 Å². The van der Waals surface area contributed by atoms with Crippen LogP contribution in [-0.4, -0.2) is 41.1 Å². The molecular formula is C27H36N4O5. The minimum atomic E-state index is -1.22. The number of ketones is 1. The molecule has 3 N–H and O–H groups in total. The lowest BCUT2D eigenvalue weighted by molar-refractivity contribution is -0.508. The highest BCUT2D eigenvalue weighted by Crippen LogP contribution is 2.26. The summed E-state index contributed by atoms with van der Waals surface area (Å²) in [5, 5.41) is 13.9. The van der Waals surface area contributed by atoms with E-state index in [1.54, 1.807) is 30.3 Å². The number of nitrogens with one attached hydrogen (secondary N) is 1. The van der Waals surface area contributed by atoms with Crippen LogP contribution in [0.1, 0.15) is 62.4 Å². The highest BCUT2D eigenvalue weighted by Gasteiger charge is 2.35. The first-order valence-electron chi connectivity index (χ1n) is 12.3. The number of benzene rings is 2. The molecular weight excluding hydrogens is 460 g/mol. The van der Waals surface area contributed by atoms with Gasteiger partial charge >= 0.3 is 0 Å². The maximum absolute atomic E-state index is 13.8. The summed E-state index contributed by atoms with van der Waals surface area (Å²) >= 11 is 0. The second kappa shape index (κ2) is 14.1. The predicted octanol–water partition coefficient (Wildman–Crippen LogP) is 3.73. The number of anilines is 1. The zero-order valence-corrected chi connectivity index (χ0v) is 21.2. The number of rotatable bonds is 14. The molecule has 0 fully saturated rings. The fourth-order valence-electron chi connectivity index (χ4n) is 4.05. The molecule has 9 heteroatoms. The lowest BCUT2D eigenvalue weighted by Gasteiger charge is -2.34. The Morgan fingerprint density at radius 2 is 1.78 bits per heavy atom. The molecule has 2 aromatic rings. The first-order valence-corrected chi connectivity index (χ1v) is 12.3. The number of para-hydroxylation sites is 1. The average molecular weight is 497 g/mol. The van der Waals surface area contributed by atoms with Crippen LogP contribution in [0.2, 0.25) is 0 Å². The van der Waals surface area contributed by atoms with E-state index in [4.69, 9.17) is 5.73 Å². The van der Waals surface area contributed by atoms with Crippen molar-refractivity contribution in [1.29, 1.82) is 0 Å². The third-order valence-corrected chi connectivity index (χ3v) is 6.32. The summed E-state index contributed by atoms with van der Waals surface area (Å²) < 4.78 is 0. The Hall–Kier alpha value is -3.59. The molecule has 0 aromatic heterocycles. The molecule has 2 rings (SSSR count). The van der Waals surface area contributed by atoms with Gasteiger partial charge < -0.3 is 11.1 Å². The van der Waals surface area contributed by atoms with Crippen molar-refractivity contribution < 1.29 is 19.3 Å². The van der Waals surface area contributed by atoms with Crippen LogP contribution in [0, 0.1) is 16.0 Å². The van der Waals surface area contributed by atoms with Crippen LogP contribution in [0.15, 0.2) is 54.6 Å². The quantitative estimate of drug-likeness (QED) is 0.232. The van der Waals surface area contributed by atoms with Crippen LogP contribution in [0.25, 0.3) is 0 Å². The van der Waals surface area contributed by atoms with Crippen molar-refractivity contribution in [2.45, 2.75) is 65.1 Å². The van der Waals surface area contributed by atoms with E-state index in [2.05, 4.69) is 5.32 Å². The molecule has 0 aliphatic heterocycles. The Morgan fingerprint density at radius 1 is 1.08 bits per heavy atom. The summed E-state index contributed by atoms with van der Waals surface area (Å²) in [6.07, 6.45) is 1.70. The fourth-order valence-corrected chi connectivity index (χ4v) is 4.05. The molecule has 0 saturated carbocycles. The molecule has 0 bridgehead atoms. The molecule has 0 heterocycles. The maximum Gasteiger partial charge on any atom is 0.269 e. The summed E-state index contributed by atoms with van der Waals surface area (Å²) in [7, 11) is 0. The second-order valence-corrected chi connectivity index (χ2v) is 8.94. The summed E-state index contributed by atoms with van der Waals surface area (Å²) in [6, 6.07) is 14.2. The first-order chi connectivity index (χ1) is 17.2. The van der Waals surface area contributed by atoms with Gasteiger partial charge in [0, 0.05) is 42.6 Å². The van der Waals surface area contributed by atoms with Gasteiger partial charge in [-0.05, 0) is 48.6 Å². The topological polar surface area (TPSA) is 136 Å². The van der Waals surface area contributed by atoms with Crippen LogP contribution < -0.4 is 16.0 Å². The molecule has 2 amide bonds. The molecule has 36 heavy (non-hydrogen) atoms. The van der Waals surface area contributed by atoms with Crippen molar-refractivity contribution in [3.05, 3.63) is 75.8 Å². The van der Waals surface area contributed by atoms with Crippen LogP contribution in [0.5, 0.6) is 0 Å². The Balaban J connectivity index is 2.24. The van der Waals surface area contributed by atoms with Crippen LogP contribution in [-0.2, 0) is 16.1 Å². The normalized spacial score (nSPS) is 13.3. The largest absolute Gasteiger partial charge is 0.354 e. The van der Waals surface area contributed by atoms with E-state index < -0.39 is 22.8 Å². The van der Waals surface area contributed by atoms with Crippen molar-refractivity contribution >= 4 is 23.3 Å². The standard InChI is InChI=1S/C27H36N4O5/c1-4-19(2)25(26(33)29-16-9-8-15-24(20(3)32)31(35)36)30(23-13-6-5-7-14-23)27(34)22-12-10-11-21(17-22)18-28/h5-7,10-14,17,19,24-25H,4,8-9,15-16,18,28H2,1-3H3,(H,29,33)/t19?,24?,25-/m0/s1. The van der Waals surface area contributed by atoms with Crippen molar-refractivity contribution in [1.82, 2.24) is 5.32 Å². The number of nitro groups is 1. The van der Waals surface area contributed by atoms with Crippen molar-refractivity contribution in [3.8, 4) is 0 Å². The highest BCUT2D eigenvalue weighted by molar-refractivity contribution is 6.10. The highest BCUT2D eigenvalue weighted by atomic mass is 16.6. The second-order valence-electron chi connectivity index (χ2n) is 8.94. The third-order valence-electron chi connectivity index (χ3n) is 6.32. The Bertz CT molecular complexity index is 1030. The van der Waals surface area contributed by atoms with E-state index >= 15 is 0 Å². The van der Waals surface area contributed by atoms with E-state index in [0.29, 0.717) is 37.1 Å². The number of carbonyl (C=O) groups excluding carboxylic acids is 3. The van der Waals surface area contributed by atoms with Gasteiger partial charge in [-0.15, -0.1) is 0 Å². The Kier molecular flexibility index (Phi) is 11.2.